The molecule has 0 aliphatic heterocycles. The fourth-order valence-corrected chi connectivity index (χ4v) is 0.357. The van der Waals surface area contributed by atoms with E-state index in [0.717, 1.165) is 0 Å². The Labute approximate surface area is 88.5 Å². The molecule has 16 heavy (non-hydrogen) atoms. The molecule has 0 aliphatic carbocycles. The van der Waals surface area contributed by atoms with Crippen LogP contribution < -0.4 is 0 Å². The van der Waals surface area contributed by atoms with Gasteiger partial charge >= 0.3 is 16.3 Å². The number of H-pyrrole nitrogens is 1. The van der Waals surface area contributed by atoms with Gasteiger partial charge in [0.15, 0.2) is 0 Å². The molecule has 11 nitrogen and oxygen atoms in total. The number of aromatic amines is 1. The average molecular weight is 257 g/mol. The Morgan fingerprint density at radius 1 is 1.50 bits per heavy atom. The number of nitro groups is 1. The summed E-state index contributed by atoms with van der Waals surface area (Å²) >= 11 is 0. The molecule has 1 aromatic heterocycles. The maximum atomic E-state index is 9.77. The molecule has 0 atom stereocenters. The summed E-state index contributed by atoms with van der Waals surface area (Å²) in [4.78, 5) is 23.2. The third-order valence-electron chi connectivity index (χ3n) is 0.657. The Morgan fingerprint density at radius 3 is 2.00 bits per heavy atom. The molecule has 0 bridgehead atoms. The van der Waals surface area contributed by atoms with Crippen LogP contribution in [0.1, 0.15) is 0 Å². The Hall–Kier alpha value is -2.05. The van der Waals surface area contributed by atoms with Gasteiger partial charge < -0.3 is 15.2 Å². The fourth-order valence-electron chi connectivity index (χ4n) is 0.357. The van der Waals surface area contributed by atoms with Crippen LogP contribution in [0.3, 0.4) is 0 Å². The van der Waals surface area contributed by atoms with Crippen LogP contribution in [0.5, 0.6) is 0 Å². The van der Waals surface area contributed by atoms with Crippen molar-refractivity contribution in [1.82, 2.24) is 9.97 Å². The van der Waals surface area contributed by atoms with Crippen molar-refractivity contribution in [2.75, 3.05) is 0 Å². The predicted molar refractivity (Wildman–Crippen MR) is 48.1 cm³/mol. The molecule has 0 spiro atoms. The lowest BCUT2D eigenvalue weighted by Gasteiger charge is -1.83. The van der Waals surface area contributed by atoms with Gasteiger partial charge in [0.2, 0.25) is 0 Å². The summed E-state index contributed by atoms with van der Waals surface area (Å²) in [5.41, 5.74) is 0. The largest absolute Gasteiger partial charge is 0.483 e. The van der Waals surface area contributed by atoms with Gasteiger partial charge in [-0.15, -0.1) is 0 Å². The van der Waals surface area contributed by atoms with E-state index in [9.17, 15) is 10.1 Å². The van der Waals surface area contributed by atoms with Crippen LogP contribution in [0, 0.1) is 10.1 Å². The second-order valence-corrected chi connectivity index (χ2v) is 2.62. The van der Waals surface area contributed by atoms with E-state index >= 15 is 0 Å². The SMILES string of the molecule is O=CO.O=S(=O)(O)O.O=[N+]([O-])c1ncc[nH]1. The lowest BCUT2D eigenvalue weighted by Crippen LogP contribution is -1.89. The van der Waals surface area contributed by atoms with Crippen molar-refractivity contribution in [3.63, 3.8) is 0 Å². The van der Waals surface area contributed by atoms with Gasteiger partial charge in [-0.1, -0.05) is 4.98 Å². The highest BCUT2D eigenvalue weighted by molar-refractivity contribution is 7.79. The number of imidazole rings is 1. The van der Waals surface area contributed by atoms with Crippen molar-refractivity contribution in [3.05, 3.63) is 22.5 Å². The van der Waals surface area contributed by atoms with E-state index in [2.05, 4.69) is 9.97 Å². The van der Waals surface area contributed by atoms with Crippen molar-refractivity contribution in [1.29, 1.82) is 0 Å². The first-order chi connectivity index (χ1) is 7.22. The summed E-state index contributed by atoms with van der Waals surface area (Å²) < 4.78 is 31.6. The van der Waals surface area contributed by atoms with Gasteiger partial charge in [-0.2, -0.15) is 8.42 Å². The fraction of sp³-hybridized carbons (Fsp3) is 0. The van der Waals surface area contributed by atoms with Gasteiger partial charge in [0, 0.05) is 0 Å². The summed E-state index contributed by atoms with van der Waals surface area (Å²) in [5.74, 6) is -0.218. The number of nitrogens with one attached hydrogen (secondary N) is 1. The number of hydrogen-bond donors (Lipinski definition) is 4. The monoisotopic (exact) mass is 257 g/mol. The van der Waals surface area contributed by atoms with Crippen molar-refractivity contribution >= 4 is 22.8 Å². The number of hydrogen-bond acceptors (Lipinski definition) is 6. The van der Waals surface area contributed by atoms with Crippen LogP contribution >= 0.6 is 0 Å². The van der Waals surface area contributed by atoms with E-state index in [1.165, 1.54) is 12.4 Å². The second kappa shape index (κ2) is 8.27. The minimum Gasteiger partial charge on any atom is -0.483 e. The van der Waals surface area contributed by atoms with E-state index in [1.807, 2.05) is 0 Å². The third-order valence-corrected chi connectivity index (χ3v) is 0.657. The lowest BCUT2D eigenvalue weighted by molar-refractivity contribution is -0.393. The highest BCUT2D eigenvalue weighted by Gasteiger charge is 2.01. The number of rotatable bonds is 1. The van der Waals surface area contributed by atoms with Crippen molar-refractivity contribution in [3.8, 4) is 0 Å². The van der Waals surface area contributed by atoms with E-state index in [0.29, 0.717) is 0 Å². The quantitative estimate of drug-likeness (QED) is 0.220. The van der Waals surface area contributed by atoms with Gasteiger partial charge in [0.05, 0.1) is 6.20 Å². The van der Waals surface area contributed by atoms with E-state index in [4.69, 9.17) is 27.4 Å². The maximum Gasteiger partial charge on any atom is 0.432 e. The van der Waals surface area contributed by atoms with Crippen molar-refractivity contribution in [2.45, 2.75) is 0 Å². The molecule has 0 aliphatic rings. The summed E-state index contributed by atoms with van der Waals surface area (Å²) in [6, 6.07) is 0. The highest BCUT2D eigenvalue weighted by Crippen LogP contribution is 1.96. The van der Waals surface area contributed by atoms with E-state index < -0.39 is 15.3 Å². The molecule has 4 N–H and O–H groups in total. The van der Waals surface area contributed by atoms with Crippen LogP contribution in [0.25, 0.3) is 0 Å². The Balaban J connectivity index is 0. The molecule has 1 aromatic rings. The van der Waals surface area contributed by atoms with Crippen LogP contribution in [0.4, 0.5) is 5.95 Å². The average Bonchev–Trinajstić information content (AvgIpc) is 2.52. The minimum absolute atomic E-state index is 0.218. The molecule has 1 rings (SSSR count). The van der Waals surface area contributed by atoms with Gasteiger partial charge in [-0.25, -0.2) is 4.98 Å². The van der Waals surface area contributed by atoms with Crippen LogP contribution in [-0.4, -0.2) is 44.0 Å². The van der Waals surface area contributed by atoms with Gasteiger partial charge in [0.1, 0.15) is 6.20 Å². The zero-order chi connectivity index (χ0) is 13.2. The van der Waals surface area contributed by atoms with Gasteiger partial charge in [0.25, 0.3) is 6.47 Å². The van der Waals surface area contributed by atoms with Crippen molar-refractivity contribution in [2.24, 2.45) is 0 Å². The molecule has 0 aromatic carbocycles. The first-order valence-corrected chi connectivity index (χ1v) is 4.53. The predicted octanol–water partition coefficient (Wildman–Crippen LogP) is -0.634. The van der Waals surface area contributed by atoms with Gasteiger partial charge in [-0.3, -0.25) is 13.9 Å². The maximum absolute atomic E-state index is 9.77. The van der Waals surface area contributed by atoms with Crippen LogP contribution in [0.2, 0.25) is 0 Å². The summed E-state index contributed by atoms with van der Waals surface area (Å²) in [5, 5.41) is 16.7. The topological polar surface area (TPSA) is 184 Å². The van der Waals surface area contributed by atoms with Crippen molar-refractivity contribution < 1.29 is 32.3 Å². The smallest absolute Gasteiger partial charge is 0.432 e. The normalized spacial score (nSPS) is 8.88. The minimum atomic E-state index is -4.67. The summed E-state index contributed by atoms with van der Waals surface area (Å²) in [6.07, 6.45) is 2.73. The molecule has 92 valence electrons. The lowest BCUT2D eigenvalue weighted by atomic mass is 11.0. The van der Waals surface area contributed by atoms with Crippen LogP contribution in [0.15, 0.2) is 12.4 Å². The van der Waals surface area contributed by atoms with Gasteiger partial charge in [-0.05, 0) is 4.92 Å². The number of carboxylic acid groups (broad SMARTS) is 1. The van der Waals surface area contributed by atoms with Crippen LogP contribution in [-0.2, 0) is 15.2 Å². The molecule has 0 radical (unpaired) electrons. The zero-order valence-corrected chi connectivity index (χ0v) is 8.23. The standard InChI is InChI=1S/C3H3N3O2.CH2O2.H2O4S/c7-6(8)3-4-1-2-5-3;2-1-3;1-5(2,3)4/h1-2H,(H,4,5);1H,(H,2,3);(H2,1,2,3,4). The molecule has 0 amide bonds. The molecular weight excluding hydrogens is 250 g/mol. The number of nitrogens with zero attached hydrogens (tertiary/aromatic N) is 2. The molecule has 0 saturated heterocycles. The molecule has 12 heteroatoms. The highest BCUT2D eigenvalue weighted by atomic mass is 32.3. The summed E-state index contributed by atoms with van der Waals surface area (Å²) in [6.45, 7) is -0.250. The number of carbonyl (C=O) groups is 1. The Morgan fingerprint density at radius 2 is 1.88 bits per heavy atom. The molecule has 0 saturated carbocycles. The molecular formula is C4H7N3O8S. The Bertz CT molecular complexity index is 389. The van der Waals surface area contributed by atoms with E-state index in [-0.39, 0.29) is 12.4 Å². The van der Waals surface area contributed by atoms with E-state index in [1.54, 1.807) is 0 Å². The Kier molecular flexibility index (Phi) is 8.47. The molecule has 0 fully saturated rings. The molecule has 1 heterocycles. The second-order valence-electron chi connectivity index (χ2n) is 1.72. The molecule has 0 unspecified atom stereocenters. The third kappa shape index (κ3) is 17.9. The first kappa shape index (κ1) is 16.4. The number of aromatic nitrogens is 2. The first-order valence-electron chi connectivity index (χ1n) is 3.13. The summed E-state index contributed by atoms with van der Waals surface area (Å²) in [7, 11) is -4.67. The zero-order valence-electron chi connectivity index (χ0n) is 7.42.